The van der Waals surface area contributed by atoms with Crippen molar-refractivity contribution in [2.45, 2.75) is 20.0 Å². The van der Waals surface area contributed by atoms with Gasteiger partial charge in [0.15, 0.2) is 0 Å². The summed E-state index contributed by atoms with van der Waals surface area (Å²) in [5.41, 5.74) is 3.16. The molecule has 0 aliphatic heterocycles. The Morgan fingerprint density at radius 3 is 2.43 bits per heavy atom. The Kier molecular flexibility index (Phi) is 6.80. The molecule has 0 radical (unpaired) electrons. The standard InChI is InChI=1S/C24H26N4O2/c1-4-14-27(15-5-2)23(29)17-28-21-13-9-8-12-20(21)26-22(28)16-25-24(30)19-11-7-6-10-18(19)3/h4-13H,1-2,14-17H2,3H3,(H,25,30). The summed E-state index contributed by atoms with van der Waals surface area (Å²) < 4.78 is 1.86. The number of hydrogen-bond donors (Lipinski definition) is 1. The predicted octanol–water partition coefficient (Wildman–Crippen LogP) is 3.48. The SMILES string of the molecule is C=CCN(CC=C)C(=O)Cn1c(CNC(=O)c2ccccc2C)nc2ccccc21. The summed E-state index contributed by atoms with van der Waals surface area (Å²) in [6.45, 7) is 10.6. The number of carbonyl (C=O) groups is 2. The van der Waals surface area contributed by atoms with E-state index in [4.69, 9.17) is 0 Å². The molecule has 0 spiro atoms. The molecule has 1 heterocycles. The van der Waals surface area contributed by atoms with Gasteiger partial charge in [-0.15, -0.1) is 13.2 Å². The van der Waals surface area contributed by atoms with E-state index in [1.807, 2.05) is 54.0 Å². The third-order valence-corrected chi connectivity index (χ3v) is 4.88. The second-order valence-electron chi connectivity index (χ2n) is 6.98. The Labute approximate surface area is 176 Å². The van der Waals surface area contributed by atoms with E-state index in [1.54, 1.807) is 23.1 Å². The highest BCUT2D eigenvalue weighted by atomic mass is 16.2. The third kappa shape index (κ3) is 4.66. The minimum absolute atomic E-state index is 0.0653. The third-order valence-electron chi connectivity index (χ3n) is 4.88. The van der Waals surface area contributed by atoms with Crippen LogP contribution in [0.15, 0.2) is 73.8 Å². The number of nitrogens with zero attached hydrogens (tertiary/aromatic N) is 3. The van der Waals surface area contributed by atoms with Gasteiger partial charge in [-0.05, 0) is 30.7 Å². The summed E-state index contributed by atoms with van der Waals surface area (Å²) in [6, 6.07) is 15.1. The van der Waals surface area contributed by atoms with Gasteiger partial charge < -0.3 is 14.8 Å². The first-order valence-corrected chi connectivity index (χ1v) is 9.82. The van der Waals surface area contributed by atoms with Gasteiger partial charge >= 0.3 is 0 Å². The number of hydrogen-bond acceptors (Lipinski definition) is 3. The van der Waals surface area contributed by atoms with Crippen molar-refractivity contribution in [3.63, 3.8) is 0 Å². The van der Waals surface area contributed by atoms with Gasteiger partial charge in [0.25, 0.3) is 5.91 Å². The molecule has 2 aromatic carbocycles. The smallest absolute Gasteiger partial charge is 0.251 e. The largest absolute Gasteiger partial charge is 0.345 e. The fourth-order valence-corrected chi connectivity index (χ4v) is 3.34. The first-order valence-electron chi connectivity index (χ1n) is 9.82. The van der Waals surface area contributed by atoms with Crippen LogP contribution < -0.4 is 5.32 Å². The summed E-state index contributed by atoms with van der Waals surface area (Å²) in [5, 5.41) is 2.93. The topological polar surface area (TPSA) is 67.2 Å². The number of imidazole rings is 1. The zero-order valence-electron chi connectivity index (χ0n) is 17.2. The van der Waals surface area contributed by atoms with Crippen LogP contribution in [0.4, 0.5) is 0 Å². The average molecular weight is 402 g/mol. The van der Waals surface area contributed by atoms with Crippen molar-refractivity contribution in [2.24, 2.45) is 0 Å². The molecule has 2 amide bonds. The molecule has 0 aliphatic rings. The van der Waals surface area contributed by atoms with E-state index >= 15 is 0 Å². The maximum atomic E-state index is 12.9. The number of rotatable bonds is 9. The first kappa shape index (κ1) is 21.0. The van der Waals surface area contributed by atoms with E-state index in [-0.39, 0.29) is 24.9 Å². The molecule has 154 valence electrons. The van der Waals surface area contributed by atoms with E-state index in [9.17, 15) is 9.59 Å². The van der Waals surface area contributed by atoms with Gasteiger partial charge in [0.2, 0.25) is 5.91 Å². The highest BCUT2D eigenvalue weighted by Gasteiger charge is 2.18. The number of nitrogens with one attached hydrogen (secondary N) is 1. The molecule has 0 atom stereocenters. The fourth-order valence-electron chi connectivity index (χ4n) is 3.34. The number of carbonyl (C=O) groups excluding carboxylic acids is 2. The highest BCUT2D eigenvalue weighted by molar-refractivity contribution is 5.95. The van der Waals surface area contributed by atoms with E-state index in [0.29, 0.717) is 24.5 Å². The molecule has 0 bridgehead atoms. The van der Waals surface area contributed by atoms with Gasteiger partial charge in [0.1, 0.15) is 12.4 Å². The van der Waals surface area contributed by atoms with Gasteiger partial charge in [0, 0.05) is 18.7 Å². The lowest BCUT2D eigenvalue weighted by Gasteiger charge is -2.20. The van der Waals surface area contributed by atoms with Crippen LogP contribution >= 0.6 is 0 Å². The number of aryl methyl sites for hydroxylation is 1. The molecule has 6 nitrogen and oxygen atoms in total. The molecule has 1 aromatic heterocycles. The zero-order chi connectivity index (χ0) is 21.5. The molecule has 3 aromatic rings. The van der Waals surface area contributed by atoms with Crippen LogP contribution in [0.3, 0.4) is 0 Å². The van der Waals surface area contributed by atoms with Crippen LogP contribution in [0.1, 0.15) is 21.7 Å². The van der Waals surface area contributed by atoms with Crippen molar-refractivity contribution in [1.29, 1.82) is 0 Å². The lowest BCUT2D eigenvalue weighted by molar-refractivity contribution is -0.130. The molecule has 0 aliphatic carbocycles. The summed E-state index contributed by atoms with van der Waals surface area (Å²) in [5.74, 6) is 0.394. The first-order chi connectivity index (χ1) is 14.5. The maximum absolute atomic E-state index is 12.9. The van der Waals surface area contributed by atoms with Gasteiger partial charge in [-0.2, -0.15) is 0 Å². The van der Waals surface area contributed by atoms with Crippen LogP contribution in [0.25, 0.3) is 11.0 Å². The van der Waals surface area contributed by atoms with Crippen molar-refractivity contribution in [3.05, 3.63) is 90.8 Å². The number of amides is 2. The summed E-state index contributed by atoms with van der Waals surface area (Å²) in [7, 11) is 0. The molecule has 0 saturated carbocycles. The quantitative estimate of drug-likeness (QED) is 0.557. The van der Waals surface area contributed by atoms with Crippen molar-refractivity contribution in [2.75, 3.05) is 13.1 Å². The van der Waals surface area contributed by atoms with Crippen molar-refractivity contribution in [3.8, 4) is 0 Å². The number of benzene rings is 2. The molecule has 0 saturated heterocycles. The number of fused-ring (bicyclic) bond motifs is 1. The molecule has 6 heteroatoms. The van der Waals surface area contributed by atoms with E-state index in [0.717, 1.165) is 16.6 Å². The Balaban J connectivity index is 1.85. The van der Waals surface area contributed by atoms with Gasteiger partial charge in [0.05, 0.1) is 17.6 Å². The predicted molar refractivity (Wildman–Crippen MR) is 119 cm³/mol. The molecule has 3 rings (SSSR count). The van der Waals surface area contributed by atoms with Crippen molar-refractivity contribution >= 4 is 22.8 Å². The summed E-state index contributed by atoms with van der Waals surface area (Å²) in [6.07, 6.45) is 3.38. The van der Waals surface area contributed by atoms with Crippen LogP contribution in [0, 0.1) is 6.92 Å². The molecular weight excluding hydrogens is 376 g/mol. The van der Waals surface area contributed by atoms with Crippen LogP contribution in [-0.2, 0) is 17.9 Å². The fraction of sp³-hybridized carbons (Fsp3) is 0.208. The normalized spacial score (nSPS) is 10.6. The summed E-state index contributed by atoms with van der Waals surface area (Å²) >= 11 is 0. The number of para-hydroxylation sites is 2. The Hall–Kier alpha value is -3.67. The lowest BCUT2D eigenvalue weighted by Crippen LogP contribution is -2.35. The number of aromatic nitrogens is 2. The van der Waals surface area contributed by atoms with Gasteiger partial charge in [-0.1, -0.05) is 42.5 Å². The van der Waals surface area contributed by atoms with Gasteiger partial charge in [-0.3, -0.25) is 9.59 Å². The Morgan fingerprint density at radius 2 is 1.73 bits per heavy atom. The zero-order valence-corrected chi connectivity index (χ0v) is 17.2. The van der Waals surface area contributed by atoms with E-state index in [2.05, 4.69) is 23.5 Å². The average Bonchev–Trinajstić information content (AvgIpc) is 3.09. The second kappa shape index (κ2) is 9.69. The minimum atomic E-state index is -0.169. The molecule has 0 fully saturated rings. The van der Waals surface area contributed by atoms with Crippen molar-refractivity contribution < 1.29 is 9.59 Å². The van der Waals surface area contributed by atoms with Crippen molar-refractivity contribution in [1.82, 2.24) is 19.8 Å². The molecule has 30 heavy (non-hydrogen) atoms. The monoisotopic (exact) mass is 402 g/mol. The molecular formula is C24H26N4O2. The lowest BCUT2D eigenvalue weighted by atomic mass is 10.1. The maximum Gasteiger partial charge on any atom is 0.251 e. The Morgan fingerprint density at radius 1 is 1.07 bits per heavy atom. The second-order valence-corrected chi connectivity index (χ2v) is 6.98. The highest BCUT2D eigenvalue weighted by Crippen LogP contribution is 2.17. The van der Waals surface area contributed by atoms with Crippen LogP contribution in [0.2, 0.25) is 0 Å². The molecule has 1 N–H and O–H groups in total. The minimum Gasteiger partial charge on any atom is -0.345 e. The van der Waals surface area contributed by atoms with E-state index in [1.165, 1.54) is 0 Å². The Bertz CT molecular complexity index is 1070. The van der Waals surface area contributed by atoms with Crippen LogP contribution in [0.5, 0.6) is 0 Å². The van der Waals surface area contributed by atoms with E-state index < -0.39 is 0 Å². The van der Waals surface area contributed by atoms with Crippen LogP contribution in [-0.4, -0.2) is 39.4 Å². The summed E-state index contributed by atoms with van der Waals surface area (Å²) in [4.78, 5) is 31.8. The van der Waals surface area contributed by atoms with Gasteiger partial charge in [-0.25, -0.2) is 4.98 Å². The molecule has 0 unspecified atom stereocenters.